The van der Waals surface area contributed by atoms with Crippen molar-refractivity contribution >= 4 is 0 Å². The number of hydrogen-bond acceptors (Lipinski definition) is 5. The molecule has 3 saturated carbocycles. The second-order valence-corrected chi connectivity index (χ2v) is 11.8. The number of rotatable bonds is 6. The Morgan fingerprint density at radius 2 is 2.00 bits per heavy atom. The number of benzene rings is 2. The smallest absolute Gasteiger partial charge is 0.165 e. The molecule has 2 aromatic rings. The molecule has 2 aromatic carbocycles. The lowest BCUT2D eigenvalue weighted by Gasteiger charge is -2.73. The van der Waals surface area contributed by atoms with E-state index in [1.165, 1.54) is 28.7 Å². The van der Waals surface area contributed by atoms with Gasteiger partial charge in [-0.15, -0.1) is 0 Å². The second kappa shape index (κ2) is 7.47. The highest BCUT2D eigenvalue weighted by atomic mass is 16.6. The van der Waals surface area contributed by atoms with E-state index in [-0.39, 0.29) is 22.5 Å². The van der Waals surface area contributed by atoms with Gasteiger partial charge >= 0.3 is 0 Å². The third-order valence-electron chi connectivity index (χ3n) is 10.6. The quantitative estimate of drug-likeness (QED) is 0.608. The van der Waals surface area contributed by atoms with Gasteiger partial charge in [-0.3, -0.25) is 0 Å². The van der Waals surface area contributed by atoms with Crippen LogP contribution in [0.15, 0.2) is 36.4 Å². The standard InChI is InChI=1S/C30H37NO4/c1-19-6-5-7-20(14-19)17-34-18-22-16-28-10-11-30(22,33-4)27-29(28)12-13-31(2)24(28)15-21-8-9-23(32-3)26(35-27)25(21)29/h5-9,14,22,24,27H,10-13,15-18H2,1-4H3/t22-,24-,27-,28-,29+,30-/m1/s1. The summed E-state index contributed by atoms with van der Waals surface area (Å²) in [5, 5.41) is 0. The third-order valence-corrected chi connectivity index (χ3v) is 10.6. The van der Waals surface area contributed by atoms with E-state index < -0.39 is 0 Å². The van der Waals surface area contributed by atoms with Crippen LogP contribution in [0, 0.1) is 18.3 Å². The summed E-state index contributed by atoms with van der Waals surface area (Å²) in [6.07, 6.45) is 5.60. The second-order valence-electron chi connectivity index (χ2n) is 11.8. The van der Waals surface area contributed by atoms with Gasteiger partial charge in [-0.2, -0.15) is 0 Å². The third kappa shape index (κ3) is 2.60. The van der Waals surface area contributed by atoms with E-state index >= 15 is 0 Å². The van der Waals surface area contributed by atoms with Gasteiger partial charge < -0.3 is 23.8 Å². The summed E-state index contributed by atoms with van der Waals surface area (Å²) in [5.74, 6) is 2.17. The van der Waals surface area contributed by atoms with Crippen LogP contribution in [-0.4, -0.2) is 57.1 Å². The van der Waals surface area contributed by atoms with Crippen LogP contribution in [0.3, 0.4) is 0 Å². The number of nitrogens with zero attached hydrogens (tertiary/aromatic N) is 1. The Balaban J connectivity index is 1.31. The minimum atomic E-state index is -0.340. The molecule has 0 radical (unpaired) electrons. The molecule has 4 fully saturated rings. The zero-order chi connectivity index (χ0) is 24.0. The molecule has 0 unspecified atom stereocenters. The SMILES string of the molecule is COc1ccc2c3c1O[C@H]1[C@@]4(OC)CC[C@@]5(C[C@@H]4COCc4cccc(C)c4)[C@@H](C2)N(C)CC[C@]315. The zero-order valence-corrected chi connectivity index (χ0v) is 21.4. The molecule has 4 bridgehead atoms. The number of fused-ring (bicyclic) bond motifs is 2. The fourth-order valence-electron chi connectivity index (χ4n) is 9.30. The zero-order valence-electron chi connectivity index (χ0n) is 21.4. The molecule has 2 aliphatic heterocycles. The van der Waals surface area contributed by atoms with Gasteiger partial charge in [-0.05, 0) is 69.8 Å². The fraction of sp³-hybridized carbons (Fsp3) is 0.600. The Hall–Kier alpha value is -2.08. The molecule has 6 aliphatic rings. The molecule has 5 nitrogen and oxygen atoms in total. The maximum absolute atomic E-state index is 7.05. The van der Waals surface area contributed by atoms with E-state index in [1.807, 2.05) is 7.11 Å². The fourth-order valence-corrected chi connectivity index (χ4v) is 9.30. The van der Waals surface area contributed by atoms with E-state index in [1.54, 1.807) is 7.11 Å². The lowest BCUT2D eigenvalue weighted by molar-refractivity contribution is -0.282. The van der Waals surface area contributed by atoms with E-state index in [4.69, 9.17) is 18.9 Å². The number of methoxy groups -OCH3 is 2. The molecule has 1 saturated heterocycles. The first-order valence-electron chi connectivity index (χ1n) is 13.2. The molecule has 5 heteroatoms. The summed E-state index contributed by atoms with van der Waals surface area (Å²) in [6, 6.07) is 13.6. The number of ether oxygens (including phenoxy) is 4. The maximum Gasteiger partial charge on any atom is 0.165 e. The van der Waals surface area contributed by atoms with Crippen molar-refractivity contribution in [2.24, 2.45) is 11.3 Å². The van der Waals surface area contributed by atoms with Crippen molar-refractivity contribution in [1.29, 1.82) is 0 Å². The van der Waals surface area contributed by atoms with Crippen LogP contribution in [0.25, 0.3) is 0 Å². The monoisotopic (exact) mass is 475 g/mol. The summed E-state index contributed by atoms with van der Waals surface area (Å²) in [6.45, 7) is 4.59. The molecule has 0 N–H and O–H groups in total. The molecular formula is C30H37NO4. The van der Waals surface area contributed by atoms with E-state index in [2.05, 4.69) is 55.3 Å². The topological polar surface area (TPSA) is 40.2 Å². The van der Waals surface area contributed by atoms with Crippen LogP contribution >= 0.6 is 0 Å². The van der Waals surface area contributed by atoms with Gasteiger partial charge in [-0.1, -0.05) is 35.9 Å². The van der Waals surface area contributed by atoms with Gasteiger partial charge in [0.25, 0.3) is 0 Å². The number of hydrogen-bond donors (Lipinski definition) is 0. The first-order chi connectivity index (χ1) is 17.0. The van der Waals surface area contributed by atoms with Crippen LogP contribution < -0.4 is 9.47 Å². The molecule has 2 heterocycles. The molecule has 4 aliphatic carbocycles. The van der Waals surface area contributed by atoms with Crippen molar-refractivity contribution in [3.05, 3.63) is 58.7 Å². The van der Waals surface area contributed by atoms with Crippen molar-refractivity contribution < 1.29 is 18.9 Å². The first kappa shape index (κ1) is 22.1. The number of aryl methyl sites for hydroxylation is 1. The Morgan fingerprint density at radius 1 is 1.11 bits per heavy atom. The highest BCUT2D eigenvalue weighted by molar-refractivity contribution is 5.63. The lowest BCUT2D eigenvalue weighted by Crippen LogP contribution is -2.81. The number of likely N-dealkylation sites (tertiary alicyclic amines) is 1. The molecule has 0 aromatic heterocycles. The largest absolute Gasteiger partial charge is 0.493 e. The summed E-state index contributed by atoms with van der Waals surface area (Å²) >= 11 is 0. The molecule has 35 heavy (non-hydrogen) atoms. The molecule has 8 rings (SSSR count). The van der Waals surface area contributed by atoms with E-state index in [0.29, 0.717) is 25.2 Å². The van der Waals surface area contributed by atoms with Gasteiger partial charge in [0.1, 0.15) is 11.7 Å². The van der Waals surface area contributed by atoms with Crippen LogP contribution in [0.2, 0.25) is 0 Å². The highest BCUT2D eigenvalue weighted by Crippen LogP contribution is 2.76. The van der Waals surface area contributed by atoms with E-state index in [9.17, 15) is 0 Å². The molecule has 186 valence electrons. The average Bonchev–Trinajstić information content (AvgIpc) is 3.23. The summed E-state index contributed by atoms with van der Waals surface area (Å²) in [5.41, 5.74) is 5.27. The average molecular weight is 476 g/mol. The predicted molar refractivity (Wildman–Crippen MR) is 134 cm³/mol. The van der Waals surface area contributed by atoms with Crippen LogP contribution in [0.1, 0.15) is 47.9 Å². The van der Waals surface area contributed by atoms with Crippen molar-refractivity contribution in [3.63, 3.8) is 0 Å². The predicted octanol–water partition coefficient (Wildman–Crippen LogP) is 4.66. The lowest BCUT2D eigenvalue weighted by atomic mass is 9.35. The highest BCUT2D eigenvalue weighted by Gasteiger charge is 2.80. The Bertz CT molecular complexity index is 1180. The summed E-state index contributed by atoms with van der Waals surface area (Å²) in [7, 11) is 6.00. The van der Waals surface area contributed by atoms with Gasteiger partial charge in [0, 0.05) is 35.5 Å². The van der Waals surface area contributed by atoms with Crippen molar-refractivity contribution in [2.75, 3.05) is 34.4 Å². The normalized spacial score (nSPS) is 38.2. The van der Waals surface area contributed by atoms with Gasteiger partial charge in [-0.25, -0.2) is 0 Å². The summed E-state index contributed by atoms with van der Waals surface area (Å²) in [4.78, 5) is 2.64. The Morgan fingerprint density at radius 3 is 2.80 bits per heavy atom. The maximum atomic E-state index is 7.05. The van der Waals surface area contributed by atoms with Gasteiger partial charge in [0.15, 0.2) is 11.5 Å². The minimum absolute atomic E-state index is 0.00291. The Kier molecular flexibility index (Phi) is 4.73. The molecule has 2 spiro atoms. The van der Waals surface area contributed by atoms with Crippen LogP contribution in [-0.2, 0) is 27.9 Å². The molecular weight excluding hydrogens is 438 g/mol. The Labute approximate surface area is 208 Å². The number of piperidine rings is 1. The molecule has 0 amide bonds. The van der Waals surface area contributed by atoms with Crippen LogP contribution in [0.4, 0.5) is 0 Å². The van der Waals surface area contributed by atoms with Crippen LogP contribution in [0.5, 0.6) is 11.5 Å². The summed E-state index contributed by atoms with van der Waals surface area (Å²) < 4.78 is 25.9. The van der Waals surface area contributed by atoms with E-state index in [0.717, 1.165) is 43.7 Å². The first-order valence-corrected chi connectivity index (χ1v) is 13.2. The van der Waals surface area contributed by atoms with Crippen molar-refractivity contribution in [1.82, 2.24) is 4.90 Å². The molecule has 6 atom stereocenters. The minimum Gasteiger partial charge on any atom is -0.493 e. The van der Waals surface area contributed by atoms with Crippen molar-refractivity contribution in [2.45, 2.75) is 68.8 Å². The number of likely N-dealkylation sites (N-methyl/N-ethyl adjacent to an activating group) is 1. The van der Waals surface area contributed by atoms with Gasteiger partial charge in [0.05, 0.1) is 20.3 Å². The van der Waals surface area contributed by atoms with Gasteiger partial charge in [0.2, 0.25) is 0 Å². The van der Waals surface area contributed by atoms with Crippen molar-refractivity contribution in [3.8, 4) is 11.5 Å².